The maximum atomic E-state index is 12.1. The van der Waals surface area contributed by atoms with Crippen LogP contribution in [0, 0.1) is 0 Å². The van der Waals surface area contributed by atoms with Gasteiger partial charge in [-0.2, -0.15) is 0 Å². The molecule has 4 nitrogen and oxygen atoms in total. The molecule has 0 aliphatic carbocycles. The maximum absolute atomic E-state index is 12.1. The quantitative estimate of drug-likeness (QED) is 0.831. The third-order valence-corrected chi connectivity index (χ3v) is 3.74. The Bertz CT molecular complexity index is 591. The van der Waals surface area contributed by atoms with Crippen molar-refractivity contribution >= 4 is 33.1 Å². The lowest BCUT2D eigenvalue weighted by atomic mass is 10.2. The highest BCUT2D eigenvalue weighted by molar-refractivity contribution is 7.21. The molecule has 1 atom stereocenters. The minimum atomic E-state index is -0.148. The van der Waals surface area contributed by atoms with Crippen LogP contribution in [0.3, 0.4) is 0 Å². The molecule has 2 aromatic heterocycles. The van der Waals surface area contributed by atoms with Gasteiger partial charge in [0.15, 0.2) is 0 Å². The van der Waals surface area contributed by atoms with Crippen LogP contribution in [0.25, 0.3) is 10.2 Å². The summed E-state index contributed by atoms with van der Waals surface area (Å²) in [6.07, 6.45) is 4.20. The van der Waals surface area contributed by atoms with Gasteiger partial charge in [0, 0.05) is 17.6 Å². The molecule has 0 aromatic carbocycles. The van der Waals surface area contributed by atoms with Gasteiger partial charge in [-0.25, -0.2) is 4.98 Å². The van der Waals surface area contributed by atoms with E-state index in [1.165, 1.54) is 11.3 Å². The molecule has 18 heavy (non-hydrogen) atoms. The van der Waals surface area contributed by atoms with Crippen LogP contribution in [0.1, 0.15) is 23.0 Å². The predicted molar refractivity (Wildman–Crippen MR) is 75.8 cm³/mol. The summed E-state index contributed by atoms with van der Waals surface area (Å²) in [6.45, 7) is 5.58. The van der Waals surface area contributed by atoms with E-state index in [9.17, 15) is 4.79 Å². The highest BCUT2D eigenvalue weighted by Gasteiger charge is 2.17. The molecule has 2 heterocycles. The number of nitrogen functional groups attached to an aromatic ring is 1. The largest absolute Gasteiger partial charge is 0.397 e. The molecule has 0 aliphatic rings. The van der Waals surface area contributed by atoms with Crippen LogP contribution in [0.5, 0.6) is 0 Å². The van der Waals surface area contributed by atoms with E-state index >= 15 is 0 Å². The van der Waals surface area contributed by atoms with E-state index in [2.05, 4.69) is 16.9 Å². The lowest BCUT2D eigenvalue weighted by Crippen LogP contribution is -2.31. The summed E-state index contributed by atoms with van der Waals surface area (Å²) < 4.78 is 0. The first kappa shape index (κ1) is 12.6. The smallest absolute Gasteiger partial charge is 0.263 e. The third kappa shape index (κ3) is 2.36. The van der Waals surface area contributed by atoms with Crippen molar-refractivity contribution in [1.82, 2.24) is 10.3 Å². The summed E-state index contributed by atoms with van der Waals surface area (Å²) in [5.41, 5.74) is 6.48. The zero-order valence-electron chi connectivity index (χ0n) is 10.1. The summed E-state index contributed by atoms with van der Waals surface area (Å²) >= 11 is 1.32. The van der Waals surface area contributed by atoms with Gasteiger partial charge in [-0.3, -0.25) is 4.79 Å². The molecule has 0 spiro atoms. The zero-order valence-corrected chi connectivity index (χ0v) is 11.0. The fourth-order valence-corrected chi connectivity index (χ4v) is 2.68. The number of pyridine rings is 1. The number of thiophene rings is 1. The number of hydrogen-bond acceptors (Lipinski definition) is 4. The summed E-state index contributed by atoms with van der Waals surface area (Å²) in [7, 11) is 0. The molecule has 1 amide bonds. The average molecular weight is 261 g/mol. The maximum Gasteiger partial charge on any atom is 0.263 e. The van der Waals surface area contributed by atoms with E-state index in [4.69, 9.17) is 5.73 Å². The number of nitrogens with zero attached hydrogens (tertiary/aromatic N) is 1. The molecule has 94 valence electrons. The van der Waals surface area contributed by atoms with Gasteiger partial charge in [0.1, 0.15) is 9.71 Å². The normalized spacial score (nSPS) is 12.3. The lowest BCUT2D eigenvalue weighted by molar-refractivity contribution is 0.0945. The van der Waals surface area contributed by atoms with Crippen molar-refractivity contribution in [2.45, 2.75) is 19.4 Å². The Morgan fingerprint density at radius 1 is 1.72 bits per heavy atom. The summed E-state index contributed by atoms with van der Waals surface area (Å²) in [6, 6.07) is 3.73. The number of carbonyl (C=O) groups excluding carboxylic acids is 1. The fraction of sp³-hybridized carbons (Fsp3) is 0.231. The number of nitrogens with one attached hydrogen (secondary N) is 1. The third-order valence-electron chi connectivity index (χ3n) is 2.61. The molecular formula is C13H15N3OS. The molecular weight excluding hydrogens is 246 g/mol. The Hall–Kier alpha value is -1.88. The Kier molecular flexibility index (Phi) is 3.62. The molecule has 0 saturated carbocycles. The van der Waals surface area contributed by atoms with Crippen LogP contribution >= 0.6 is 11.3 Å². The number of aromatic nitrogens is 1. The first-order chi connectivity index (χ1) is 8.63. The van der Waals surface area contributed by atoms with Gasteiger partial charge in [0.05, 0.1) is 5.69 Å². The molecule has 2 rings (SSSR count). The van der Waals surface area contributed by atoms with E-state index in [-0.39, 0.29) is 11.9 Å². The van der Waals surface area contributed by atoms with Crippen molar-refractivity contribution in [2.24, 2.45) is 0 Å². The topological polar surface area (TPSA) is 68.0 Å². The molecule has 1 unspecified atom stereocenters. The monoisotopic (exact) mass is 261 g/mol. The van der Waals surface area contributed by atoms with Gasteiger partial charge >= 0.3 is 0 Å². The van der Waals surface area contributed by atoms with Crippen molar-refractivity contribution in [3.8, 4) is 0 Å². The van der Waals surface area contributed by atoms with Gasteiger partial charge in [0.2, 0.25) is 0 Å². The summed E-state index contributed by atoms with van der Waals surface area (Å²) in [4.78, 5) is 17.6. The Morgan fingerprint density at radius 2 is 2.50 bits per heavy atom. The van der Waals surface area contributed by atoms with Crippen molar-refractivity contribution in [2.75, 3.05) is 5.73 Å². The van der Waals surface area contributed by atoms with Gasteiger partial charge < -0.3 is 11.1 Å². The van der Waals surface area contributed by atoms with E-state index in [1.807, 2.05) is 19.1 Å². The Labute approximate surface area is 110 Å². The second-order valence-electron chi connectivity index (χ2n) is 4.10. The molecule has 2 aromatic rings. The molecule has 0 fully saturated rings. The molecule has 0 aliphatic heterocycles. The highest BCUT2D eigenvalue weighted by Crippen LogP contribution is 2.31. The summed E-state index contributed by atoms with van der Waals surface area (Å²) in [5, 5.41) is 3.73. The second-order valence-corrected chi connectivity index (χ2v) is 5.10. The van der Waals surface area contributed by atoms with Crippen LogP contribution in [0.15, 0.2) is 31.0 Å². The van der Waals surface area contributed by atoms with Crippen LogP contribution in [0.2, 0.25) is 0 Å². The molecule has 0 bridgehead atoms. The Morgan fingerprint density at radius 3 is 3.17 bits per heavy atom. The number of anilines is 1. The molecule has 5 heteroatoms. The van der Waals surface area contributed by atoms with Gasteiger partial charge in [-0.1, -0.05) is 6.08 Å². The summed E-state index contributed by atoms with van der Waals surface area (Å²) in [5.74, 6) is -0.148. The minimum Gasteiger partial charge on any atom is -0.397 e. The van der Waals surface area contributed by atoms with Gasteiger partial charge in [-0.05, 0) is 25.5 Å². The van der Waals surface area contributed by atoms with Crippen LogP contribution in [-0.4, -0.2) is 16.9 Å². The first-order valence-electron chi connectivity index (χ1n) is 5.68. The predicted octanol–water partition coefficient (Wildman–Crippen LogP) is 2.57. The van der Waals surface area contributed by atoms with Crippen LogP contribution in [-0.2, 0) is 0 Å². The van der Waals surface area contributed by atoms with Crippen molar-refractivity contribution in [3.05, 3.63) is 35.9 Å². The Balaban J connectivity index is 2.28. The SMILES string of the molecule is C=CCC(C)NC(=O)c1sc2ncccc2c1N. The standard InChI is InChI=1S/C13H15N3OS/c1-3-5-8(2)16-12(17)11-10(14)9-6-4-7-15-13(9)18-11/h3-4,6-8H,1,5,14H2,2H3,(H,16,17). The van der Waals surface area contributed by atoms with E-state index in [0.717, 1.165) is 16.6 Å². The average Bonchev–Trinajstić information content (AvgIpc) is 2.68. The first-order valence-corrected chi connectivity index (χ1v) is 6.50. The number of fused-ring (bicyclic) bond motifs is 1. The van der Waals surface area contributed by atoms with Crippen LogP contribution in [0.4, 0.5) is 5.69 Å². The number of rotatable bonds is 4. The fourth-order valence-electron chi connectivity index (χ4n) is 1.72. The number of carbonyl (C=O) groups is 1. The highest BCUT2D eigenvalue weighted by atomic mass is 32.1. The van der Waals surface area contributed by atoms with Crippen LogP contribution < -0.4 is 11.1 Å². The molecule has 0 saturated heterocycles. The van der Waals surface area contributed by atoms with E-state index in [1.54, 1.807) is 12.3 Å². The zero-order chi connectivity index (χ0) is 13.1. The van der Waals surface area contributed by atoms with Crippen molar-refractivity contribution < 1.29 is 4.79 Å². The minimum absolute atomic E-state index is 0.0487. The van der Waals surface area contributed by atoms with Crippen molar-refractivity contribution in [1.29, 1.82) is 0 Å². The number of nitrogens with two attached hydrogens (primary N) is 1. The molecule has 0 radical (unpaired) electrons. The van der Waals surface area contributed by atoms with E-state index < -0.39 is 0 Å². The van der Waals surface area contributed by atoms with Gasteiger partial charge in [0.25, 0.3) is 5.91 Å². The number of hydrogen-bond donors (Lipinski definition) is 2. The molecule has 3 N–H and O–H groups in total. The van der Waals surface area contributed by atoms with Gasteiger partial charge in [-0.15, -0.1) is 17.9 Å². The lowest BCUT2D eigenvalue weighted by Gasteiger charge is -2.10. The second kappa shape index (κ2) is 5.18. The van der Waals surface area contributed by atoms with Crippen molar-refractivity contribution in [3.63, 3.8) is 0 Å². The number of amides is 1. The van der Waals surface area contributed by atoms with E-state index in [0.29, 0.717) is 10.6 Å².